The molecule has 1 aromatic heterocycles. The molecule has 0 unspecified atom stereocenters. The summed E-state index contributed by atoms with van der Waals surface area (Å²) in [5.41, 5.74) is 2.02. The maximum absolute atomic E-state index is 12.6. The highest BCUT2D eigenvalue weighted by atomic mass is 32.1. The second-order valence-electron chi connectivity index (χ2n) is 7.34. The van der Waals surface area contributed by atoms with Crippen molar-refractivity contribution in [1.82, 2.24) is 9.88 Å². The molecule has 28 heavy (non-hydrogen) atoms. The molecule has 1 aromatic carbocycles. The first-order valence-electron chi connectivity index (χ1n) is 9.81. The average Bonchev–Trinajstić information content (AvgIpc) is 3.40. The number of carbonyl (C=O) groups is 1. The number of ether oxygens (including phenoxy) is 3. The number of aromatic nitrogens is 1. The summed E-state index contributed by atoms with van der Waals surface area (Å²) in [6.07, 6.45) is 2.14. The van der Waals surface area contributed by atoms with Crippen molar-refractivity contribution in [2.75, 3.05) is 26.3 Å². The highest BCUT2D eigenvalue weighted by Crippen LogP contribution is 2.26. The summed E-state index contributed by atoms with van der Waals surface area (Å²) < 4.78 is 17.0. The summed E-state index contributed by atoms with van der Waals surface area (Å²) in [6.45, 7) is 5.37. The third-order valence-electron chi connectivity index (χ3n) is 5.24. The third-order valence-corrected chi connectivity index (χ3v) is 6.11. The van der Waals surface area contributed by atoms with Gasteiger partial charge in [0.2, 0.25) is 5.91 Å². The Bertz CT molecular complexity index is 778. The topological polar surface area (TPSA) is 60.9 Å². The van der Waals surface area contributed by atoms with Gasteiger partial charge in [-0.1, -0.05) is 17.7 Å². The molecule has 0 N–H and O–H groups in total. The van der Waals surface area contributed by atoms with Gasteiger partial charge >= 0.3 is 0 Å². The second-order valence-corrected chi connectivity index (χ2v) is 8.28. The third kappa shape index (κ3) is 4.90. The molecule has 0 atom stereocenters. The number of piperidine rings is 1. The fraction of sp³-hybridized carbons (Fsp3) is 0.524. The van der Waals surface area contributed by atoms with Gasteiger partial charge in [0, 0.05) is 24.4 Å². The number of nitrogens with zero attached hydrogens (tertiary/aromatic N) is 2. The van der Waals surface area contributed by atoms with Crippen LogP contribution in [0, 0.1) is 12.8 Å². The van der Waals surface area contributed by atoms with Crippen LogP contribution >= 0.6 is 11.3 Å². The lowest BCUT2D eigenvalue weighted by atomic mass is 9.96. The minimum atomic E-state index is -0.0770. The van der Waals surface area contributed by atoms with Gasteiger partial charge in [0.15, 0.2) is 6.29 Å². The fourth-order valence-electron chi connectivity index (χ4n) is 3.61. The van der Waals surface area contributed by atoms with Gasteiger partial charge in [-0.25, -0.2) is 4.98 Å². The SMILES string of the molecule is Cc1ccc(OCc2nc(CC(=O)N3CCC(C4OCCO4)CC3)cs2)cc1. The van der Waals surface area contributed by atoms with Crippen LogP contribution < -0.4 is 4.74 Å². The van der Waals surface area contributed by atoms with E-state index in [0.717, 1.165) is 42.4 Å². The summed E-state index contributed by atoms with van der Waals surface area (Å²) in [4.78, 5) is 19.1. The molecule has 2 aromatic rings. The van der Waals surface area contributed by atoms with Crippen molar-refractivity contribution in [3.05, 3.63) is 45.9 Å². The van der Waals surface area contributed by atoms with E-state index < -0.39 is 0 Å². The molecule has 4 rings (SSSR count). The lowest BCUT2D eigenvalue weighted by Gasteiger charge is -2.33. The zero-order valence-corrected chi connectivity index (χ0v) is 17.0. The lowest BCUT2D eigenvalue weighted by molar-refractivity contribution is -0.136. The maximum atomic E-state index is 12.6. The number of aryl methyl sites for hydroxylation is 1. The van der Waals surface area contributed by atoms with Crippen molar-refractivity contribution in [2.45, 2.75) is 39.1 Å². The predicted molar refractivity (Wildman–Crippen MR) is 106 cm³/mol. The van der Waals surface area contributed by atoms with Crippen LogP contribution in [0.25, 0.3) is 0 Å². The van der Waals surface area contributed by atoms with Crippen LogP contribution in [0.4, 0.5) is 0 Å². The van der Waals surface area contributed by atoms with Crippen molar-refractivity contribution in [3.8, 4) is 5.75 Å². The van der Waals surface area contributed by atoms with Gasteiger partial charge in [0.1, 0.15) is 17.4 Å². The Kier molecular flexibility index (Phi) is 6.24. The number of hydrogen-bond acceptors (Lipinski definition) is 6. The molecular formula is C21H26N2O4S. The molecular weight excluding hydrogens is 376 g/mol. The van der Waals surface area contributed by atoms with Crippen molar-refractivity contribution < 1.29 is 19.0 Å². The minimum absolute atomic E-state index is 0.0770. The van der Waals surface area contributed by atoms with Crippen LogP contribution in [0.15, 0.2) is 29.6 Å². The average molecular weight is 403 g/mol. The molecule has 7 heteroatoms. The van der Waals surface area contributed by atoms with E-state index in [1.807, 2.05) is 41.5 Å². The molecule has 2 aliphatic heterocycles. The quantitative estimate of drug-likeness (QED) is 0.743. The monoisotopic (exact) mass is 402 g/mol. The minimum Gasteiger partial charge on any atom is -0.486 e. The van der Waals surface area contributed by atoms with E-state index in [1.165, 1.54) is 16.9 Å². The molecule has 2 aliphatic rings. The van der Waals surface area contributed by atoms with Gasteiger partial charge in [-0.2, -0.15) is 0 Å². The van der Waals surface area contributed by atoms with Gasteiger partial charge in [0.05, 0.1) is 25.3 Å². The van der Waals surface area contributed by atoms with Crippen molar-refractivity contribution >= 4 is 17.2 Å². The van der Waals surface area contributed by atoms with E-state index in [9.17, 15) is 4.79 Å². The van der Waals surface area contributed by atoms with Crippen LogP contribution in [-0.4, -0.2) is 48.4 Å². The van der Waals surface area contributed by atoms with Crippen LogP contribution in [0.1, 0.15) is 29.1 Å². The highest BCUT2D eigenvalue weighted by Gasteiger charge is 2.31. The Morgan fingerprint density at radius 1 is 1.21 bits per heavy atom. The second kappa shape index (κ2) is 9.03. The molecule has 3 heterocycles. The molecule has 0 spiro atoms. The smallest absolute Gasteiger partial charge is 0.228 e. The molecule has 2 fully saturated rings. The number of hydrogen-bond donors (Lipinski definition) is 0. The van der Waals surface area contributed by atoms with Crippen molar-refractivity contribution in [3.63, 3.8) is 0 Å². The van der Waals surface area contributed by atoms with Gasteiger partial charge in [-0.3, -0.25) is 4.79 Å². The maximum Gasteiger partial charge on any atom is 0.228 e. The largest absolute Gasteiger partial charge is 0.486 e. The number of thiazole rings is 1. The predicted octanol–water partition coefficient (Wildman–Crippen LogP) is 3.18. The van der Waals surface area contributed by atoms with E-state index >= 15 is 0 Å². The van der Waals surface area contributed by atoms with Crippen molar-refractivity contribution in [2.24, 2.45) is 5.92 Å². The number of benzene rings is 1. The van der Waals surface area contributed by atoms with Gasteiger partial charge in [0.25, 0.3) is 0 Å². The van der Waals surface area contributed by atoms with Crippen LogP contribution in [-0.2, 0) is 27.3 Å². The van der Waals surface area contributed by atoms with E-state index in [1.54, 1.807) is 0 Å². The molecule has 0 saturated carbocycles. The summed E-state index contributed by atoms with van der Waals surface area (Å²) in [7, 11) is 0. The Hall–Kier alpha value is -1.96. The molecule has 6 nitrogen and oxygen atoms in total. The van der Waals surface area contributed by atoms with E-state index in [-0.39, 0.29) is 12.2 Å². The zero-order valence-electron chi connectivity index (χ0n) is 16.1. The normalized spacial score (nSPS) is 18.5. The number of rotatable bonds is 6. The van der Waals surface area contributed by atoms with E-state index in [4.69, 9.17) is 14.2 Å². The van der Waals surface area contributed by atoms with Gasteiger partial charge < -0.3 is 19.1 Å². The molecule has 0 radical (unpaired) electrons. The van der Waals surface area contributed by atoms with Crippen LogP contribution in [0.5, 0.6) is 5.75 Å². The van der Waals surface area contributed by atoms with Crippen LogP contribution in [0.3, 0.4) is 0 Å². The van der Waals surface area contributed by atoms with E-state index in [0.29, 0.717) is 32.2 Å². The summed E-state index contributed by atoms with van der Waals surface area (Å²) in [5.74, 6) is 1.37. The standard InChI is InChI=1S/C21H26N2O4S/c1-15-2-4-18(5-3-15)27-13-19-22-17(14-28-19)12-20(24)23-8-6-16(7-9-23)21-25-10-11-26-21/h2-5,14,16,21H,6-13H2,1H3. The number of amides is 1. The van der Waals surface area contributed by atoms with Gasteiger partial charge in [-0.15, -0.1) is 11.3 Å². The van der Waals surface area contributed by atoms with Crippen molar-refractivity contribution in [1.29, 1.82) is 0 Å². The molecule has 150 valence electrons. The summed E-state index contributed by atoms with van der Waals surface area (Å²) in [6, 6.07) is 7.96. The lowest BCUT2D eigenvalue weighted by Crippen LogP contribution is -2.42. The fourth-order valence-corrected chi connectivity index (χ4v) is 4.32. The molecule has 1 amide bonds. The number of likely N-dealkylation sites (tertiary alicyclic amines) is 1. The van der Waals surface area contributed by atoms with Gasteiger partial charge in [-0.05, 0) is 31.9 Å². The summed E-state index contributed by atoms with van der Waals surface area (Å²) >= 11 is 1.54. The molecule has 0 aliphatic carbocycles. The Labute approximate surface area is 169 Å². The Morgan fingerprint density at radius 3 is 2.64 bits per heavy atom. The zero-order chi connectivity index (χ0) is 19.3. The Morgan fingerprint density at radius 2 is 1.93 bits per heavy atom. The summed E-state index contributed by atoms with van der Waals surface area (Å²) in [5, 5.41) is 2.84. The van der Waals surface area contributed by atoms with E-state index in [2.05, 4.69) is 4.98 Å². The first-order valence-corrected chi connectivity index (χ1v) is 10.7. The molecule has 2 saturated heterocycles. The Balaban J connectivity index is 1.23. The first kappa shape index (κ1) is 19.4. The number of carbonyl (C=O) groups excluding carboxylic acids is 1. The molecule has 0 bridgehead atoms. The highest BCUT2D eigenvalue weighted by molar-refractivity contribution is 7.09. The van der Waals surface area contributed by atoms with Crippen LogP contribution in [0.2, 0.25) is 0 Å². The first-order chi connectivity index (χ1) is 13.7.